The molecule has 2 aromatic carbocycles. The van der Waals surface area contributed by atoms with Crippen LogP contribution in [0.3, 0.4) is 0 Å². The second-order valence-electron chi connectivity index (χ2n) is 7.07. The Morgan fingerprint density at radius 2 is 1.90 bits per heavy atom. The van der Waals surface area contributed by atoms with Gasteiger partial charge in [0, 0.05) is 11.8 Å². The van der Waals surface area contributed by atoms with Gasteiger partial charge in [0.25, 0.3) is 0 Å². The smallest absolute Gasteiger partial charge is 0.338 e. The minimum absolute atomic E-state index is 0.295. The highest BCUT2D eigenvalue weighted by molar-refractivity contribution is 6.02. The molecule has 6 nitrogen and oxygen atoms in total. The fourth-order valence-electron chi connectivity index (χ4n) is 2.61. The van der Waals surface area contributed by atoms with E-state index < -0.39 is 5.97 Å². The van der Waals surface area contributed by atoms with E-state index in [9.17, 15) is 9.59 Å². The van der Waals surface area contributed by atoms with Gasteiger partial charge in [-0.15, -0.1) is 0 Å². The topological polar surface area (TPSA) is 73.9 Å². The molecule has 0 spiro atoms. The Hall–Kier alpha value is -3.28. The highest BCUT2D eigenvalue weighted by Gasteiger charge is 2.08. The van der Waals surface area contributed by atoms with E-state index in [0.29, 0.717) is 41.9 Å². The monoisotopic (exact) mass is 411 g/mol. The fourth-order valence-corrected chi connectivity index (χ4v) is 2.61. The van der Waals surface area contributed by atoms with Crippen molar-refractivity contribution < 1.29 is 23.8 Å². The van der Waals surface area contributed by atoms with Crippen molar-refractivity contribution in [2.45, 2.75) is 27.2 Å². The molecule has 0 fully saturated rings. The van der Waals surface area contributed by atoms with E-state index in [4.69, 9.17) is 14.2 Å². The number of benzene rings is 2. The van der Waals surface area contributed by atoms with Crippen molar-refractivity contribution in [1.29, 1.82) is 0 Å². The third-order valence-electron chi connectivity index (χ3n) is 4.21. The zero-order chi connectivity index (χ0) is 21.9. The summed E-state index contributed by atoms with van der Waals surface area (Å²) in [6, 6.07) is 12.1. The number of amides is 1. The van der Waals surface area contributed by atoms with Crippen LogP contribution >= 0.6 is 0 Å². The Morgan fingerprint density at radius 3 is 2.60 bits per heavy atom. The van der Waals surface area contributed by atoms with Gasteiger partial charge in [-0.25, -0.2) is 4.79 Å². The molecule has 2 aromatic rings. The Labute approximate surface area is 177 Å². The highest BCUT2D eigenvalue weighted by Crippen LogP contribution is 2.29. The lowest BCUT2D eigenvalue weighted by Gasteiger charge is -2.12. The summed E-state index contributed by atoms with van der Waals surface area (Å²) in [7, 11) is 1.58. The van der Waals surface area contributed by atoms with E-state index in [-0.39, 0.29) is 5.91 Å². The highest BCUT2D eigenvalue weighted by atomic mass is 16.5. The van der Waals surface area contributed by atoms with Gasteiger partial charge in [-0.1, -0.05) is 26.0 Å². The number of hydrogen-bond acceptors (Lipinski definition) is 5. The zero-order valence-corrected chi connectivity index (χ0v) is 17.9. The van der Waals surface area contributed by atoms with Crippen LogP contribution in [0.25, 0.3) is 6.08 Å². The van der Waals surface area contributed by atoms with Crippen molar-refractivity contribution >= 4 is 23.6 Å². The first-order chi connectivity index (χ1) is 14.4. The lowest BCUT2D eigenvalue weighted by molar-refractivity contribution is -0.111. The molecule has 0 heterocycles. The van der Waals surface area contributed by atoms with Gasteiger partial charge in [0.2, 0.25) is 5.91 Å². The maximum absolute atomic E-state index is 12.2. The van der Waals surface area contributed by atoms with E-state index in [1.54, 1.807) is 44.4 Å². The molecular formula is C24H29NO5. The summed E-state index contributed by atoms with van der Waals surface area (Å²) in [5.74, 6) is 1.12. The number of hydrogen-bond donors (Lipinski definition) is 1. The first kappa shape index (κ1) is 23.0. The van der Waals surface area contributed by atoms with Crippen molar-refractivity contribution in [3.63, 3.8) is 0 Å². The summed E-state index contributed by atoms with van der Waals surface area (Å²) in [5.41, 5.74) is 1.71. The summed E-state index contributed by atoms with van der Waals surface area (Å²) in [4.78, 5) is 24.1. The van der Waals surface area contributed by atoms with Gasteiger partial charge in [0.15, 0.2) is 11.5 Å². The van der Waals surface area contributed by atoms with Crippen molar-refractivity contribution in [1.82, 2.24) is 0 Å². The molecule has 6 heteroatoms. The van der Waals surface area contributed by atoms with Crippen LogP contribution in [0.2, 0.25) is 0 Å². The van der Waals surface area contributed by atoms with Gasteiger partial charge in [0.1, 0.15) is 0 Å². The molecule has 1 amide bonds. The number of nitrogens with one attached hydrogen (secondary N) is 1. The summed E-state index contributed by atoms with van der Waals surface area (Å²) in [6.45, 7) is 6.95. The molecule has 0 aliphatic carbocycles. The number of rotatable bonds is 10. The van der Waals surface area contributed by atoms with Crippen LogP contribution in [0.4, 0.5) is 5.69 Å². The van der Waals surface area contributed by atoms with Crippen LogP contribution < -0.4 is 14.8 Å². The summed E-state index contributed by atoms with van der Waals surface area (Å²) in [5, 5.41) is 2.74. The zero-order valence-electron chi connectivity index (χ0n) is 17.9. The Balaban J connectivity index is 2.00. The number of carbonyl (C=O) groups excluding carboxylic acids is 2. The molecule has 0 aliphatic heterocycles. The Bertz CT molecular complexity index is 889. The van der Waals surface area contributed by atoms with Gasteiger partial charge in [-0.3, -0.25) is 4.79 Å². The molecule has 0 atom stereocenters. The number of anilines is 1. The molecule has 2 rings (SSSR count). The van der Waals surface area contributed by atoms with Crippen molar-refractivity contribution in [2.75, 3.05) is 25.6 Å². The summed E-state index contributed by atoms with van der Waals surface area (Å²) in [6.07, 6.45) is 4.07. The van der Waals surface area contributed by atoms with Crippen LogP contribution in [0, 0.1) is 5.92 Å². The van der Waals surface area contributed by atoms with E-state index >= 15 is 0 Å². The summed E-state index contributed by atoms with van der Waals surface area (Å²) < 4.78 is 16.2. The van der Waals surface area contributed by atoms with Crippen molar-refractivity contribution in [3.8, 4) is 11.5 Å². The van der Waals surface area contributed by atoms with Crippen molar-refractivity contribution in [2.24, 2.45) is 5.92 Å². The van der Waals surface area contributed by atoms with E-state index in [1.807, 2.05) is 18.2 Å². The summed E-state index contributed by atoms with van der Waals surface area (Å²) >= 11 is 0. The standard InChI is InChI=1S/C24H29NO5/c1-5-29-24(27)19-7-6-8-20(16-19)25-23(26)12-10-18-9-11-21(22(15-18)28-4)30-14-13-17(2)3/h6-12,15-17H,5,13-14H2,1-4H3,(H,25,26)/b12-10+. The molecule has 0 saturated carbocycles. The van der Waals surface area contributed by atoms with Crippen molar-refractivity contribution in [3.05, 3.63) is 59.7 Å². The van der Waals surface area contributed by atoms with Gasteiger partial charge in [0.05, 0.1) is 25.9 Å². The molecular weight excluding hydrogens is 382 g/mol. The van der Waals surface area contributed by atoms with Gasteiger partial charge in [-0.05, 0) is 61.2 Å². The SMILES string of the molecule is CCOC(=O)c1cccc(NC(=O)/C=C/c2ccc(OCCC(C)C)c(OC)c2)c1. The Morgan fingerprint density at radius 1 is 1.10 bits per heavy atom. The lowest BCUT2D eigenvalue weighted by atomic mass is 10.1. The third-order valence-corrected chi connectivity index (χ3v) is 4.21. The fraction of sp³-hybridized carbons (Fsp3) is 0.333. The minimum atomic E-state index is -0.424. The third kappa shape index (κ3) is 7.28. The minimum Gasteiger partial charge on any atom is -0.493 e. The van der Waals surface area contributed by atoms with Gasteiger partial charge >= 0.3 is 5.97 Å². The van der Waals surface area contributed by atoms with Gasteiger partial charge < -0.3 is 19.5 Å². The Kier molecular flexibility index (Phi) is 8.94. The first-order valence-electron chi connectivity index (χ1n) is 10.00. The molecule has 160 valence electrons. The lowest BCUT2D eigenvalue weighted by Crippen LogP contribution is -2.09. The quantitative estimate of drug-likeness (QED) is 0.442. The number of ether oxygens (including phenoxy) is 3. The van der Waals surface area contributed by atoms with Gasteiger partial charge in [-0.2, -0.15) is 0 Å². The maximum atomic E-state index is 12.2. The second-order valence-corrected chi connectivity index (χ2v) is 7.07. The number of esters is 1. The predicted molar refractivity (Wildman–Crippen MR) is 118 cm³/mol. The predicted octanol–water partition coefficient (Wildman–Crippen LogP) is 4.95. The van der Waals surface area contributed by atoms with E-state index in [1.165, 1.54) is 6.08 Å². The molecule has 1 N–H and O–H groups in total. The van der Waals surface area contributed by atoms with Crippen LogP contribution in [-0.4, -0.2) is 32.2 Å². The number of methoxy groups -OCH3 is 1. The number of carbonyl (C=O) groups is 2. The normalized spacial score (nSPS) is 10.8. The molecule has 0 radical (unpaired) electrons. The molecule has 0 bridgehead atoms. The van der Waals surface area contributed by atoms with Crippen LogP contribution in [-0.2, 0) is 9.53 Å². The molecule has 0 saturated heterocycles. The van der Waals surface area contributed by atoms with Crippen LogP contribution in [0.5, 0.6) is 11.5 Å². The van der Waals surface area contributed by atoms with Crippen LogP contribution in [0.1, 0.15) is 43.1 Å². The maximum Gasteiger partial charge on any atom is 0.338 e. The second kappa shape index (κ2) is 11.7. The van der Waals surface area contributed by atoms with E-state index in [0.717, 1.165) is 12.0 Å². The first-order valence-corrected chi connectivity index (χ1v) is 10.00. The van der Waals surface area contributed by atoms with Crippen LogP contribution in [0.15, 0.2) is 48.5 Å². The average Bonchev–Trinajstić information content (AvgIpc) is 2.73. The molecule has 30 heavy (non-hydrogen) atoms. The average molecular weight is 411 g/mol. The molecule has 0 aromatic heterocycles. The van der Waals surface area contributed by atoms with E-state index in [2.05, 4.69) is 19.2 Å². The largest absolute Gasteiger partial charge is 0.493 e. The molecule has 0 aliphatic rings. The molecule has 0 unspecified atom stereocenters.